The molecule has 3 heterocycles. The number of pyridine rings is 1. The number of alkyl halides is 2. The fourth-order valence-electron chi connectivity index (χ4n) is 4.39. The first kappa shape index (κ1) is 25.0. The highest BCUT2D eigenvalue weighted by atomic mass is 19.3. The minimum Gasteiger partial charge on any atom is -0.480 e. The second-order valence-corrected chi connectivity index (χ2v) is 9.08. The fourth-order valence-corrected chi connectivity index (χ4v) is 4.39. The third kappa shape index (κ3) is 5.95. The van der Waals surface area contributed by atoms with Crippen LogP contribution in [0.3, 0.4) is 0 Å². The number of carbonyl (C=O) groups is 2. The molecule has 1 aliphatic heterocycles. The van der Waals surface area contributed by atoms with Gasteiger partial charge in [-0.2, -0.15) is 0 Å². The van der Waals surface area contributed by atoms with Crippen molar-refractivity contribution in [2.45, 2.75) is 69.4 Å². The molecule has 4 rings (SSSR count). The van der Waals surface area contributed by atoms with Crippen LogP contribution >= 0.6 is 0 Å². The van der Waals surface area contributed by atoms with Gasteiger partial charge in [-0.1, -0.05) is 6.07 Å². The van der Waals surface area contributed by atoms with E-state index in [1.54, 1.807) is 0 Å². The summed E-state index contributed by atoms with van der Waals surface area (Å²) in [4.78, 5) is 32.8. The van der Waals surface area contributed by atoms with Crippen molar-refractivity contribution in [3.8, 4) is 0 Å². The average Bonchev–Trinajstić information content (AvgIpc) is 3.50. The number of hydrogen-bond donors (Lipinski definition) is 3. The number of halogens is 2. The van der Waals surface area contributed by atoms with Crippen molar-refractivity contribution < 1.29 is 28.2 Å². The van der Waals surface area contributed by atoms with Crippen molar-refractivity contribution in [3.63, 3.8) is 0 Å². The number of nitrogens with one attached hydrogen (secondary N) is 2. The topological polar surface area (TPSA) is 118 Å². The Hall–Kier alpha value is -3.08. The maximum atomic E-state index is 13.2. The number of anilines is 1. The summed E-state index contributed by atoms with van der Waals surface area (Å²) in [5, 5.41) is 15.3. The number of ether oxygens (including phenoxy) is 1. The highest BCUT2D eigenvalue weighted by Crippen LogP contribution is 2.45. The van der Waals surface area contributed by atoms with Crippen LogP contribution in [0.15, 0.2) is 24.7 Å². The van der Waals surface area contributed by atoms with E-state index < -0.39 is 29.9 Å². The Morgan fingerprint density at radius 2 is 2.09 bits per heavy atom. The van der Waals surface area contributed by atoms with Crippen molar-refractivity contribution in [1.29, 1.82) is 0 Å². The molecule has 1 amide bonds. The zero-order chi connectivity index (χ0) is 24.8. The second-order valence-electron chi connectivity index (χ2n) is 9.08. The summed E-state index contributed by atoms with van der Waals surface area (Å²) in [7, 11) is 0. The molecule has 0 bridgehead atoms. The van der Waals surface area contributed by atoms with E-state index in [0.29, 0.717) is 19.4 Å². The van der Waals surface area contributed by atoms with E-state index in [1.807, 2.05) is 0 Å². The number of carboxylic acid groups (broad SMARTS) is 1. The summed E-state index contributed by atoms with van der Waals surface area (Å²) in [6.45, 7) is 1.59. The average molecular weight is 492 g/mol. The van der Waals surface area contributed by atoms with Gasteiger partial charge in [0, 0.05) is 31.9 Å². The predicted molar refractivity (Wildman–Crippen MR) is 123 cm³/mol. The molecule has 2 aromatic heterocycles. The van der Waals surface area contributed by atoms with Crippen LogP contribution in [-0.2, 0) is 32.7 Å². The van der Waals surface area contributed by atoms with E-state index >= 15 is 0 Å². The largest absolute Gasteiger partial charge is 0.480 e. The van der Waals surface area contributed by atoms with Crippen LogP contribution < -0.4 is 10.6 Å². The van der Waals surface area contributed by atoms with Gasteiger partial charge in [-0.05, 0) is 56.6 Å². The van der Waals surface area contributed by atoms with E-state index in [4.69, 9.17) is 4.74 Å². The normalized spacial score (nSPS) is 16.9. The van der Waals surface area contributed by atoms with Crippen LogP contribution in [0.1, 0.15) is 61.9 Å². The number of fused-ring (bicyclic) bond motifs is 1. The summed E-state index contributed by atoms with van der Waals surface area (Å²) < 4.78 is 33.2. The first-order valence-electron chi connectivity index (χ1n) is 12.1. The van der Waals surface area contributed by atoms with Crippen molar-refractivity contribution in [1.82, 2.24) is 19.9 Å². The van der Waals surface area contributed by atoms with Gasteiger partial charge in [0.15, 0.2) is 0 Å². The van der Waals surface area contributed by atoms with Gasteiger partial charge < -0.3 is 25.0 Å². The molecule has 0 unspecified atom stereocenters. The van der Waals surface area contributed by atoms with Gasteiger partial charge >= 0.3 is 5.97 Å². The van der Waals surface area contributed by atoms with Gasteiger partial charge in [-0.15, -0.1) is 0 Å². The number of unbranched alkanes of at least 4 members (excludes halogenated alkanes) is 1. The van der Waals surface area contributed by atoms with Crippen LogP contribution in [-0.4, -0.2) is 57.3 Å². The molecular weight excluding hydrogens is 460 g/mol. The monoisotopic (exact) mass is 491 g/mol. The SMILES string of the molecule is O=C(O)[C@H](CCOCCCCc1ccc2c(n1)NCCC2)NC(=O)C1(n2cncc2C(F)F)CC1. The van der Waals surface area contributed by atoms with E-state index in [9.17, 15) is 23.5 Å². The number of imidazole rings is 1. The molecule has 11 heteroatoms. The van der Waals surface area contributed by atoms with E-state index in [0.717, 1.165) is 60.9 Å². The van der Waals surface area contributed by atoms with Gasteiger partial charge in [-0.3, -0.25) is 4.79 Å². The summed E-state index contributed by atoms with van der Waals surface area (Å²) in [5.74, 6) is -0.792. The van der Waals surface area contributed by atoms with Crippen LogP contribution in [0.25, 0.3) is 0 Å². The molecule has 35 heavy (non-hydrogen) atoms. The molecule has 1 atom stereocenters. The molecule has 2 aromatic rings. The van der Waals surface area contributed by atoms with Gasteiger partial charge in [0.05, 0.1) is 12.5 Å². The van der Waals surface area contributed by atoms with Crippen molar-refractivity contribution in [3.05, 3.63) is 41.6 Å². The molecular formula is C24H31F2N5O4. The van der Waals surface area contributed by atoms with E-state index in [2.05, 4.69) is 32.7 Å². The van der Waals surface area contributed by atoms with Gasteiger partial charge in [-0.25, -0.2) is 23.5 Å². The number of carbonyl (C=O) groups excluding carboxylic acids is 1. The number of amides is 1. The van der Waals surface area contributed by atoms with Crippen molar-refractivity contribution in [2.24, 2.45) is 0 Å². The zero-order valence-electron chi connectivity index (χ0n) is 19.5. The number of aryl methyl sites for hydroxylation is 2. The Morgan fingerprint density at radius 3 is 2.83 bits per heavy atom. The van der Waals surface area contributed by atoms with Crippen LogP contribution in [0.4, 0.5) is 14.6 Å². The van der Waals surface area contributed by atoms with Crippen molar-refractivity contribution in [2.75, 3.05) is 25.1 Å². The van der Waals surface area contributed by atoms with E-state index in [-0.39, 0.29) is 18.7 Å². The molecule has 9 nitrogen and oxygen atoms in total. The minimum absolute atomic E-state index is 0.0842. The smallest absolute Gasteiger partial charge is 0.326 e. The highest BCUT2D eigenvalue weighted by Gasteiger charge is 2.53. The summed E-state index contributed by atoms with van der Waals surface area (Å²) in [6.07, 6.45) is 4.96. The van der Waals surface area contributed by atoms with Crippen LogP contribution in [0.5, 0.6) is 0 Å². The number of nitrogens with zero attached hydrogens (tertiary/aromatic N) is 3. The maximum absolute atomic E-state index is 13.2. The first-order chi connectivity index (χ1) is 16.9. The molecule has 1 aliphatic carbocycles. The molecule has 0 radical (unpaired) electrons. The standard InChI is InChI=1S/C24H31F2N5O4/c25-20(26)19-14-27-15-31(19)24(9-10-24)23(34)30-18(22(32)33)8-13-35-12-2-1-5-17-7-6-16-4-3-11-28-21(16)29-17/h6-7,14-15,18,20H,1-5,8-13H2,(H,28,29)(H,30,34)(H,32,33)/t18-/m0/s1. The van der Waals surface area contributed by atoms with Crippen molar-refractivity contribution >= 4 is 17.7 Å². The van der Waals surface area contributed by atoms with Gasteiger partial charge in [0.2, 0.25) is 5.91 Å². The lowest BCUT2D eigenvalue weighted by Crippen LogP contribution is -2.48. The Balaban J connectivity index is 1.17. The lowest BCUT2D eigenvalue weighted by molar-refractivity contribution is -0.143. The molecule has 190 valence electrons. The zero-order valence-corrected chi connectivity index (χ0v) is 19.5. The first-order valence-corrected chi connectivity index (χ1v) is 12.1. The molecule has 0 aromatic carbocycles. The summed E-state index contributed by atoms with van der Waals surface area (Å²) in [6, 6.07) is 3.03. The molecule has 1 fully saturated rings. The number of aromatic nitrogens is 3. The molecule has 0 spiro atoms. The van der Waals surface area contributed by atoms with Crippen LogP contribution in [0, 0.1) is 0 Å². The summed E-state index contributed by atoms with van der Waals surface area (Å²) >= 11 is 0. The third-order valence-electron chi connectivity index (χ3n) is 6.58. The number of hydrogen-bond acceptors (Lipinski definition) is 6. The quantitative estimate of drug-likeness (QED) is 0.369. The predicted octanol–water partition coefficient (Wildman–Crippen LogP) is 3.06. The van der Waals surface area contributed by atoms with Gasteiger partial charge in [0.1, 0.15) is 23.1 Å². The maximum Gasteiger partial charge on any atom is 0.326 e. The lowest BCUT2D eigenvalue weighted by atomic mass is 10.1. The number of carboxylic acids is 1. The Bertz CT molecular complexity index is 1040. The summed E-state index contributed by atoms with van der Waals surface area (Å²) in [5.41, 5.74) is 0.746. The third-order valence-corrected chi connectivity index (χ3v) is 6.58. The number of rotatable bonds is 13. The molecule has 2 aliphatic rings. The highest BCUT2D eigenvalue weighted by molar-refractivity contribution is 5.91. The molecule has 0 saturated heterocycles. The fraction of sp³-hybridized carbons (Fsp3) is 0.583. The Kier molecular flexibility index (Phi) is 7.94. The second kappa shape index (κ2) is 11.1. The molecule has 1 saturated carbocycles. The Labute approximate surface area is 202 Å². The lowest BCUT2D eigenvalue weighted by Gasteiger charge is -2.22. The Morgan fingerprint density at radius 1 is 1.26 bits per heavy atom. The number of aliphatic carboxylic acids is 1. The minimum atomic E-state index is -2.77. The van der Waals surface area contributed by atoms with Gasteiger partial charge in [0.25, 0.3) is 6.43 Å². The van der Waals surface area contributed by atoms with Crippen LogP contribution in [0.2, 0.25) is 0 Å². The van der Waals surface area contributed by atoms with E-state index in [1.165, 1.54) is 11.9 Å². The molecule has 3 N–H and O–H groups in total.